The second kappa shape index (κ2) is 8.10. The first kappa shape index (κ1) is 15.0. The number of benzene rings is 1. The van der Waals surface area contributed by atoms with E-state index in [1.54, 1.807) is 0 Å². The fourth-order valence-corrected chi connectivity index (χ4v) is 1.38. The van der Waals surface area contributed by atoms with Crippen LogP contribution in [-0.2, 0) is 9.59 Å². The molecule has 104 valence electrons. The smallest absolute Gasteiger partial charge is 0.239 e. The lowest BCUT2D eigenvalue weighted by Gasteiger charge is -2.08. The summed E-state index contributed by atoms with van der Waals surface area (Å²) in [7, 11) is 0. The van der Waals surface area contributed by atoms with Gasteiger partial charge in [0.05, 0.1) is 19.6 Å². The van der Waals surface area contributed by atoms with Gasteiger partial charge in [-0.05, 0) is 24.6 Å². The first-order chi connectivity index (χ1) is 9.11. The lowest BCUT2D eigenvalue weighted by atomic mass is 10.2. The van der Waals surface area contributed by atoms with Crippen LogP contribution in [0, 0.1) is 6.92 Å². The molecule has 2 amide bonds. The van der Waals surface area contributed by atoms with E-state index in [1.165, 1.54) is 0 Å². The molecule has 0 saturated heterocycles. The Labute approximate surface area is 112 Å². The number of carbonyl (C=O) groups excluding carboxylic acids is 2. The van der Waals surface area contributed by atoms with Crippen LogP contribution in [0.1, 0.15) is 5.56 Å². The number of hydrogen-bond donors (Lipinski definition) is 3. The minimum absolute atomic E-state index is 0.0690. The van der Waals surface area contributed by atoms with Crippen LogP contribution >= 0.6 is 0 Å². The zero-order valence-corrected chi connectivity index (χ0v) is 10.9. The number of rotatable bonds is 7. The molecule has 1 aromatic rings. The van der Waals surface area contributed by atoms with Crippen LogP contribution in [0.25, 0.3) is 0 Å². The summed E-state index contributed by atoms with van der Waals surface area (Å²) in [6.07, 6.45) is 0. The molecule has 0 fully saturated rings. The highest BCUT2D eigenvalue weighted by molar-refractivity contribution is 5.85. The Morgan fingerprint density at radius 2 is 2.05 bits per heavy atom. The lowest BCUT2D eigenvalue weighted by molar-refractivity contribution is -0.125. The second-order valence-electron chi connectivity index (χ2n) is 4.00. The van der Waals surface area contributed by atoms with Crippen LogP contribution in [0.3, 0.4) is 0 Å². The summed E-state index contributed by atoms with van der Waals surface area (Å²) < 4.78 is 5.46. The molecule has 0 heterocycles. The van der Waals surface area contributed by atoms with Gasteiger partial charge in [-0.3, -0.25) is 9.59 Å². The van der Waals surface area contributed by atoms with Gasteiger partial charge in [0.25, 0.3) is 0 Å². The molecule has 0 atom stereocenters. The van der Waals surface area contributed by atoms with Crippen molar-refractivity contribution in [2.45, 2.75) is 6.92 Å². The summed E-state index contributed by atoms with van der Waals surface area (Å²) in [6, 6.07) is 7.67. The number of nitrogens with one attached hydrogen (secondary N) is 2. The van der Waals surface area contributed by atoms with E-state index < -0.39 is 0 Å². The minimum atomic E-state index is -0.355. The fraction of sp³-hybridized carbons (Fsp3) is 0.385. The standard InChI is InChI=1S/C13H19N3O3/c1-10-3-2-4-11(7-10)19-6-5-15-13(18)9-16-12(17)8-14/h2-4,7H,5-6,8-9,14H2,1H3,(H,15,18)(H,16,17). The molecular formula is C13H19N3O3. The van der Waals surface area contributed by atoms with Gasteiger partial charge in [0.15, 0.2) is 0 Å². The van der Waals surface area contributed by atoms with Crippen molar-refractivity contribution in [2.24, 2.45) is 5.73 Å². The molecule has 19 heavy (non-hydrogen) atoms. The Morgan fingerprint density at radius 1 is 1.26 bits per heavy atom. The van der Waals surface area contributed by atoms with Crippen LogP contribution in [0.2, 0.25) is 0 Å². The lowest BCUT2D eigenvalue weighted by Crippen LogP contribution is -2.40. The normalized spacial score (nSPS) is 9.79. The molecular weight excluding hydrogens is 246 g/mol. The van der Waals surface area contributed by atoms with Crippen molar-refractivity contribution in [3.8, 4) is 5.75 Å². The van der Waals surface area contributed by atoms with E-state index in [1.807, 2.05) is 31.2 Å². The van der Waals surface area contributed by atoms with Crippen LogP contribution in [-0.4, -0.2) is 38.1 Å². The van der Waals surface area contributed by atoms with Crippen molar-refractivity contribution < 1.29 is 14.3 Å². The predicted octanol–water partition coefficient (Wildman–Crippen LogP) is -0.435. The van der Waals surface area contributed by atoms with Gasteiger partial charge in [-0.15, -0.1) is 0 Å². The molecule has 6 heteroatoms. The average molecular weight is 265 g/mol. The first-order valence-corrected chi connectivity index (χ1v) is 6.04. The number of hydrogen-bond acceptors (Lipinski definition) is 4. The van der Waals surface area contributed by atoms with Crippen LogP contribution in [0.4, 0.5) is 0 Å². The molecule has 0 radical (unpaired) electrons. The Hall–Kier alpha value is -2.08. The van der Waals surface area contributed by atoms with E-state index in [2.05, 4.69) is 10.6 Å². The zero-order valence-electron chi connectivity index (χ0n) is 10.9. The van der Waals surface area contributed by atoms with Gasteiger partial charge in [0, 0.05) is 0 Å². The topological polar surface area (TPSA) is 93.5 Å². The summed E-state index contributed by atoms with van der Waals surface area (Å²) >= 11 is 0. The van der Waals surface area contributed by atoms with Crippen LogP contribution in [0.5, 0.6) is 5.75 Å². The van der Waals surface area contributed by atoms with Crippen LogP contribution in [0.15, 0.2) is 24.3 Å². The molecule has 0 spiro atoms. The van der Waals surface area contributed by atoms with Crippen molar-refractivity contribution in [3.05, 3.63) is 29.8 Å². The Bertz CT molecular complexity index is 435. The Kier molecular flexibility index (Phi) is 6.38. The molecule has 0 aliphatic carbocycles. The maximum absolute atomic E-state index is 11.3. The zero-order chi connectivity index (χ0) is 14.1. The van der Waals surface area contributed by atoms with E-state index in [-0.39, 0.29) is 24.9 Å². The average Bonchev–Trinajstić information content (AvgIpc) is 2.41. The summed E-state index contributed by atoms with van der Waals surface area (Å²) in [5.74, 6) is 0.145. The highest BCUT2D eigenvalue weighted by Crippen LogP contribution is 2.11. The fourth-order valence-electron chi connectivity index (χ4n) is 1.38. The maximum Gasteiger partial charge on any atom is 0.239 e. The van der Waals surface area contributed by atoms with Crippen molar-refractivity contribution in [3.63, 3.8) is 0 Å². The van der Waals surface area contributed by atoms with E-state index in [4.69, 9.17) is 10.5 Å². The monoisotopic (exact) mass is 265 g/mol. The highest BCUT2D eigenvalue weighted by atomic mass is 16.5. The van der Waals surface area contributed by atoms with Gasteiger partial charge in [0.1, 0.15) is 12.4 Å². The number of ether oxygens (including phenoxy) is 1. The summed E-state index contributed by atoms with van der Waals surface area (Å²) in [6.45, 7) is 2.55. The van der Waals surface area contributed by atoms with Crippen LogP contribution < -0.4 is 21.1 Å². The quantitative estimate of drug-likeness (QED) is 0.583. The van der Waals surface area contributed by atoms with E-state index in [0.717, 1.165) is 11.3 Å². The molecule has 6 nitrogen and oxygen atoms in total. The van der Waals surface area contributed by atoms with Gasteiger partial charge in [-0.25, -0.2) is 0 Å². The number of amides is 2. The van der Waals surface area contributed by atoms with Crippen molar-refractivity contribution >= 4 is 11.8 Å². The largest absolute Gasteiger partial charge is 0.492 e. The summed E-state index contributed by atoms with van der Waals surface area (Å²) in [5, 5.41) is 5.01. The molecule has 0 aliphatic heterocycles. The highest BCUT2D eigenvalue weighted by Gasteiger charge is 2.03. The molecule has 1 aromatic carbocycles. The summed E-state index contributed by atoms with van der Waals surface area (Å²) in [4.78, 5) is 22.1. The van der Waals surface area contributed by atoms with E-state index in [9.17, 15) is 9.59 Å². The second-order valence-corrected chi connectivity index (χ2v) is 4.00. The third-order valence-corrected chi connectivity index (χ3v) is 2.31. The van der Waals surface area contributed by atoms with Crippen molar-refractivity contribution in [1.29, 1.82) is 0 Å². The number of aryl methyl sites for hydroxylation is 1. The first-order valence-electron chi connectivity index (χ1n) is 6.04. The van der Waals surface area contributed by atoms with E-state index >= 15 is 0 Å². The summed E-state index contributed by atoms with van der Waals surface area (Å²) in [5.41, 5.74) is 6.21. The number of carbonyl (C=O) groups is 2. The molecule has 0 bridgehead atoms. The maximum atomic E-state index is 11.3. The molecule has 0 saturated carbocycles. The van der Waals surface area contributed by atoms with E-state index in [0.29, 0.717) is 13.2 Å². The van der Waals surface area contributed by atoms with Gasteiger partial charge in [0.2, 0.25) is 11.8 Å². The SMILES string of the molecule is Cc1cccc(OCCNC(=O)CNC(=O)CN)c1. The van der Waals surface area contributed by atoms with Crippen molar-refractivity contribution in [2.75, 3.05) is 26.2 Å². The molecule has 4 N–H and O–H groups in total. The molecule has 1 rings (SSSR count). The van der Waals surface area contributed by atoms with Gasteiger partial charge in [-0.1, -0.05) is 12.1 Å². The Balaban J connectivity index is 2.13. The molecule has 0 aliphatic rings. The molecule has 0 aromatic heterocycles. The minimum Gasteiger partial charge on any atom is -0.492 e. The third kappa shape index (κ3) is 6.42. The number of nitrogens with two attached hydrogens (primary N) is 1. The van der Waals surface area contributed by atoms with Gasteiger partial charge < -0.3 is 21.1 Å². The molecule has 0 unspecified atom stereocenters. The Morgan fingerprint density at radius 3 is 2.74 bits per heavy atom. The van der Waals surface area contributed by atoms with Gasteiger partial charge >= 0.3 is 0 Å². The predicted molar refractivity (Wildman–Crippen MR) is 71.7 cm³/mol. The van der Waals surface area contributed by atoms with Crippen molar-refractivity contribution in [1.82, 2.24) is 10.6 Å². The van der Waals surface area contributed by atoms with Gasteiger partial charge in [-0.2, -0.15) is 0 Å². The third-order valence-electron chi connectivity index (χ3n) is 2.31.